The molecule has 2 heterocycles. The highest BCUT2D eigenvalue weighted by atomic mass is 15.0. The van der Waals surface area contributed by atoms with Crippen LogP contribution in [0.4, 0.5) is 0 Å². The van der Waals surface area contributed by atoms with Gasteiger partial charge in [-0.2, -0.15) is 0 Å². The van der Waals surface area contributed by atoms with E-state index >= 15 is 0 Å². The fourth-order valence-corrected chi connectivity index (χ4v) is 3.60. The summed E-state index contributed by atoms with van der Waals surface area (Å²) in [6.07, 6.45) is 25.9. The lowest BCUT2D eigenvalue weighted by Gasteiger charge is -2.36. The molecule has 2 aliphatic heterocycles. The number of nitrogens with one attached hydrogen (secondary N) is 2. The van der Waals surface area contributed by atoms with Crippen LogP contribution >= 0.6 is 0 Å². The first-order valence-corrected chi connectivity index (χ1v) is 8.48. The molecule has 0 bridgehead atoms. The zero-order chi connectivity index (χ0) is 15.0. The minimum absolute atomic E-state index is 0.172. The number of dihydropyridines is 2. The molecule has 0 aromatic rings. The maximum atomic E-state index is 3.60. The van der Waals surface area contributed by atoms with Crippen molar-refractivity contribution in [3.63, 3.8) is 0 Å². The van der Waals surface area contributed by atoms with Crippen molar-refractivity contribution >= 4 is 0 Å². The first kappa shape index (κ1) is 15.9. The first-order chi connectivity index (χ1) is 10.2. The van der Waals surface area contributed by atoms with Crippen molar-refractivity contribution in [3.05, 3.63) is 48.9 Å². The molecule has 0 saturated carbocycles. The normalized spacial score (nSPS) is 30.2. The topological polar surface area (TPSA) is 24.1 Å². The van der Waals surface area contributed by atoms with Gasteiger partial charge >= 0.3 is 0 Å². The van der Waals surface area contributed by atoms with E-state index < -0.39 is 0 Å². The molecule has 0 aromatic heterocycles. The van der Waals surface area contributed by atoms with Gasteiger partial charge in [-0.05, 0) is 56.7 Å². The first-order valence-electron chi connectivity index (χ1n) is 8.48. The molecule has 0 spiro atoms. The van der Waals surface area contributed by atoms with Crippen LogP contribution in [-0.4, -0.2) is 11.1 Å². The fourth-order valence-electron chi connectivity index (χ4n) is 3.60. The Kier molecular flexibility index (Phi) is 5.72. The van der Waals surface area contributed by atoms with Crippen LogP contribution < -0.4 is 10.6 Å². The lowest BCUT2D eigenvalue weighted by Crippen LogP contribution is -2.44. The van der Waals surface area contributed by atoms with Crippen LogP contribution in [0.5, 0.6) is 0 Å². The molecular formula is C19H30N2. The summed E-state index contributed by atoms with van der Waals surface area (Å²) in [6.45, 7) is 4.54. The van der Waals surface area contributed by atoms with Crippen LogP contribution in [0, 0.1) is 0 Å². The highest BCUT2D eigenvalue weighted by Gasteiger charge is 2.29. The van der Waals surface area contributed by atoms with Gasteiger partial charge in [0.2, 0.25) is 0 Å². The van der Waals surface area contributed by atoms with E-state index in [1.807, 2.05) is 0 Å². The molecule has 0 radical (unpaired) electrons. The summed E-state index contributed by atoms with van der Waals surface area (Å²) in [5.74, 6) is 0. The molecule has 0 aromatic carbocycles. The standard InChI is InChI=1S/C19H30N2/c1-3-10-18(12-5-7-16-20-18)14-9-15-19(11-4-2)13-6-8-17-21-19/h5-8,12-13,16-17,20-21H,3-4,9-11,14-15H2,1-2H3. The van der Waals surface area contributed by atoms with Crippen molar-refractivity contribution < 1.29 is 0 Å². The summed E-state index contributed by atoms with van der Waals surface area (Å²) in [6, 6.07) is 0. The molecule has 2 heteroatoms. The molecule has 2 unspecified atom stereocenters. The molecule has 2 rings (SSSR count). The second-order valence-electron chi connectivity index (χ2n) is 6.39. The fraction of sp³-hybridized carbons (Fsp3) is 0.579. The van der Waals surface area contributed by atoms with Gasteiger partial charge in [-0.15, -0.1) is 0 Å². The third-order valence-electron chi connectivity index (χ3n) is 4.62. The van der Waals surface area contributed by atoms with Crippen molar-refractivity contribution in [1.29, 1.82) is 0 Å². The van der Waals surface area contributed by atoms with Crippen molar-refractivity contribution in [2.75, 3.05) is 0 Å². The van der Waals surface area contributed by atoms with Crippen molar-refractivity contribution in [1.82, 2.24) is 10.6 Å². The van der Waals surface area contributed by atoms with E-state index in [9.17, 15) is 0 Å². The van der Waals surface area contributed by atoms with E-state index in [1.54, 1.807) is 0 Å². The second kappa shape index (κ2) is 7.53. The monoisotopic (exact) mass is 286 g/mol. The minimum Gasteiger partial charge on any atom is -0.382 e. The Labute approximate surface area is 130 Å². The van der Waals surface area contributed by atoms with Gasteiger partial charge in [0.15, 0.2) is 0 Å². The Morgan fingerprint density at radius 1 is 0.667 bits per heavy atom. The molecule has 0 amide bonds. The summed E-state index contributed by atoms with van der Waals surface area (Å²) < 4.78 is 0. The van der Waals surface area contributed by atoms with Crippen LogP contribution in [0.1, 0.15) is 58.8 Å². The zero-order valence-electron chi connectivity index (χ0n) is 13.6. The number of hydrogen-bond acceptors (Lipinski definition) is 2. The molecule has 0 fully saturated rings. The van der Waals surface area contributed by atoms with Gasteiger partial charge in [0.05, 0.1) is 11.1 Å². The van der Waals surface area contributed by atoms with Gasteiger partial charge in [-0.3, -0.25) is 0 Å². The van der Waals surface area contributed by atoms with Crippen LogP contribution in [0.2, 0.25) is 0 Å². The summed E-state index contributed by atoms with van der Waals surface area (Å²) in [7, 11) is 0. The van der Waals surface area contributed by atoms with E-state index in [1.165, 1.54) is 44.9 Å². The van der Waals surface area contributed by atoms with E-state index in [4.69, 9.17) is 0 Å². The number of rotatable bonds is 8. The predicted molar refractivity (Wildman–Crippen MR) is 92.0 cm³/mol. The van der Waals surface area contributed by atoms with E-state index in [0.717, 1.165) is 0 Å². The third kappa shape index (κ3) is 4.26. The second-order valence-corrected chi connectivity index (χ2v) is 6.39. The Morgan fingerprint density at radius 2 is 1.14 bits per heavy atom. The molecule has 2 nitrogen and oxygen atoms in total. The maximum Gasteiger partial charge on any atom is 0.0553 e. The summed E-state index contributed by atoms with van der Waals surface area (Å²) in [5, 5.41) is 7.19. The smallest absolute Gasteiger partial charge is 0.0553 e. The molecule has 2 atom stereocenters. The number of hydrogen-bond donors (Lipinski definition) is 2. The van der Waals surface area contributed by atoms with Crippen LogP contribution in [0.3, 0.4) is 0 Å². The average Bonchev–Trinajstić information content (AvgIpc) is 2.50. The lowest BCUT2D eigenvalue weighted by atomic mass is 9.81. The van der Waals surface area contributed by atoms with Crippen LogP contribution in [0.15, 0.2) is 48.9 Å². The predicted octanol–water partition coefficient (Wildman–Crippen LogP) is 4.58. The van der Waals surface area contributed by atoms with Gasteiger partial charge in [0.25, 0.3) is 0 Å². The largest absolute Gasteiger partial charge is 0.382 e. The average molecular weight is 286 g/mol. The van der Waals surface area contributed by atoms with Crippen molar-refractivity contribution in [2.45, 2.75) is 69.9 Å². The highest BCUT2D eigenvalue weighted by Crippen LogP contribution is 2.29. The molecular weight excluding hydrogens is 256 g/mol. The Hall–Kier alpha value is -1.44. The summed E-state index contributed by atoms with van der Waals surface area (Å²) in [5.41, 5.74) is 0.344. The Morgan fingerprint density at radius 3 is 1.48 bits per heavy atom. The quantitative estimate of drug-likeness (QED) is 0.682. The van der Waals surface area contributed by atoms with Gasteiger partial charge in [-0.25, -0.2) is 0 Å². The number of allylic oxidation sites excluding steroid dienone is 4. The van der Waals surface area contributed by atoms with Crippen LogP contribution in [-0.2, 0) is 0 Å². The van der Waals surface area contributed by atoms with Gasteiger partial charge < -0.3 is 10.6 Å². The summed E-state index contributed by atoms with van der Waals surface area (Å²) >= 11 is 0. The van der Waals surface area contributed by atoms with Gasteiger partial charge in [0.1, 0.15) is 0 Å². The summed E-state index contributed by atoms with van der Waals surface area (Å²) in [4.78, 5) is 0. The Balaban J connectivity index is 1.91. The molecule has 116 valence electrons. The molecule has 2 aliphatic rings. The van der Waals surface area contributed by atoms with Gasteiger partial charge in [0, 0.05) is 0 Å². The lowest BCUT2D eigenvalue weighted by molar-refractivity contribution is 0.322. The van der Waals surface area contributed by atoms with E-state index in [2.05, 4.69) is 73.3 Å². The molecule has 0 saturated heterocycles. The van der Waals surface area contributed by atoms with Crippen molar-refractivity contribution in [3.8, 4) is 0 Å². The van der Waals surface area contributed by atoms with Gasteiger partial charge in [-0.1, -0.05) is 51.0 Å². The third-order valence-corrected chi connectivity index (χ3v) is 4.62. The van der Waals surface area contributed by atoms with Crippen LogP contribution in [0.25, 0.3) is 0 Å². The highest BCUT2D eigenvalue weighted by molar-refractivity contribution is 5.21. The maximum absolute atomic E-state index is 3.60. The van der Waals surface area contributed by atoms with Crippen molar-refractivity contribution in [2.24, 2.45) is 0 Å². The van der Waals surface area contributed by atoms with E-state index in [0.29, 0.717) is 0 Å². The SMILES string of the molecule is CCCC1(CCCC2(CCC)C=CC=CN2)C=CC=CN1. The Bertz CT molecular complexity index is 393. The zero-order valence-corrected chi connectivity index (χ0v) is 13.6. The molecule has 2 N–H and O–H groups in total. The minimum atomic E-state index is 0.172. The molecule has 21 heavy (non-hydrogen) atoms. The van der Waals surface area contributed by atoms with E-state index in [-0.39, 0.29) is 11.1 Å². The molecule has 0 aliphatic carbocycles.